The smallest absolute Gasteiger partial charge is 0.181 e. The van der Waals surface area contributed by atoms with Crippen LogP contribution in [0.25, 0.3) is 11.2 Å². The maximum absolute atomic E-state index is 6.02. The second-order valence-corrected chi connectivity index (χ2v) is 9.30. The van der Waals surface area contributed by atoms with Crippen LogP contribution in [-0.2, 0) is 0 Å². The minimum atomic E-state index is -1.49. The normalized spacial score (nSPS) is 12.3. The number of aromatic nitrogens is 4. The lowest BCUT2D eigenvalue weighted by atomic mass is 10.6. The third-order valence-electron chi connectivity index (χ3n) is 2.02. The highest BCUT2D eigenvalue weighted by Gasteiger charge is 2.21. The summed E-state index contributed by atoms with van der Waals surface area (Å²) in [5.41, 5.74) is 1.53. The molecule has 0 aromatic carbocycles. The van der Waals surface area contributed by atoms with Crippen molar-refractivity contribution in [1.82, 2.24) is 19.2 Å². The first-order valence-corrected chi connectivity index (χ1v) is 8.16. The Morgan fingerprint density at radius 2 is 1.93 bits per heavy atom. The van der Waals surface area contributed by atoms with Crippen LogP contribution in [0.3, 0.4) is 0 Å². The molecule has 0 unspecified atom stereocenters. The summed E-state index contributed by atoms with van der Waals surface area (Å²) in [6.07, 6.45) is 3.24. The Balaban J connectivity index is 2.80. The first-order valence-electron chi connectivity index (χ1n) is 4.34. The van der Waals surface area contributed by atoms with Gasteiger partial charge in [0.2, 0.25) is 0 Å². The zero-order valence-electron chi connectivity index (χ0n) is 8.32. The van der Waals surface area contributed by atoms with Gasteiger partial charge in [0.05, 0.1) is 6.33 Å². The molecule has 0 radical (unpaired) electrons. The molecule has 0 aliphatic carbocycles. The third-order valence-corrected chi connectivity index (χ3v) is 4.08. The Morgan fingerprint density at radius 1 is 1.21 bits per heavy atom. The molecule has 0 spiro atoms. The van der Waals surface area contributed by atoms with Crippen LogP contribution in [0.15, 0.2) is 12.7 Å². The molecule has 0 saturated heterocycles. The van der Waals surface area contributed by atoms with E-state index in [4.69, 9.17) is 11.6 Å². The van der Waals surface area contributed by atoms with Crippen molar-refractivity contribution in [1.29, 1.82) is 0 Å². The van der Waals surface area contributed by atoms with Crippen molar-refractivity contribution in [2.75, 3.05) is 0 Å². The van der Waals surface area contributed by atoms with Crippen molar-refractivity contribution >= 4 is 31.0 Å². The van der Waals surface area contributed by atoms with Gasteiger partial charge in [-0.05, 0) is 0 Å². The maximum atomic E-state index is 6.02. The molecule has 0 atom stereocenters. The van der Waals surface area contributed by atoms with Gasteiger partial charge in [0, 0.05) is 0 Å². The summed E-state index contributed by atoms with van der Waals surface area (Å²) < 4.78 is 2.12. The highest BCUT2D eigenvalue weighted by Crippen LogP contribution is 2.21. The minimum Gasteiger partial charge on any atom is -0.355 e. The molecule has 74 valence electrons. The highest BCUT2D eigenvalue weighted by molar-refractivity contribution is 6.75. The van der Waals surface area contributed by atoms with Crippen molar-refractivity contribution in [3.05, 3.63) is 17.8 Å². The van der Waals surface area contributed by atoms with Gasteiger partial charge in [-0.1, -0.05) is 31.2 Å². The summed E-state index contributed by atoms with van der Waals surface area (Å²) >= 11 is 6.02. The van der Waals surface area contributed by atoms with Gasteiger partial charge in [-0.3, -0.25) is 0 Å². The molecule has 14 heavy (non-hydrogen) atoms. The summed E-state index contributed by atoms with van der Waals surface area (Å²) in [4.78, 5) is 12.2. The topological polar surface area (TPSA) is 43.6 Å². The zero-order chi connectivity index (χ0) is 10.3. The van der Waals surface area contributed by atoms with Crippen LogP contribution >= 0.6 is 11.6 Å². The lowest BCUT2D eigenvalue weighted by molar-refractivity contribution is 1.15. The molecule has 4 nitrogen and oxygen atoms in total. The van der Waals surface area contributed by atoms with Crippen molar-refractivity contribution in [2.45, 2.75) is 19.6 Å². The molecular weight excluding hydrogens is 216 g/mol. The molecule has 2 heterocycles. The number of nitrogens with zero attached hydrogens (tertiary/aromatic N) is 4. The van der Waals surface area contributed by atoms with Crippen molar-refractivity contribution in [3.63, 3.8) is 0 Å². The average Bonchev–Trinajstić information content (AvgIpc) is 2.47. The quantitative estimate of drug-likeness (QED) is 0.553. The van der Waals surface area contributed by atoms with Crippen LogP contribution < -0.4 is 0 Å². The second kappa shape index (κ2) is 3.03. The van der Waals surface area contributed by atoms with E-state index in [1.807, 2.05) is 0 Å². The lowest BCUT2D eigenvalue weighted by Gasteiger charge is -2.18. The maximum Gasteiger partial charge on any atom is 0.181 e. The van der Waals surface area contributed by atoms with Crippen LogP contribution in [0.1, 0.15) is 0 Å². The van der Waals surface area contributed by atoms with E-state index in [0.717, 1.165) is 5.52 Å². The van der Waals surface area contributed by atoms with Crippen LogP contribution in [0, 0.1) is 0 Å². The summed E-state index contributed by atoms with van der Waals surface area (Å²) in [7, 11) is -1.49. The van der Waals surface area contributed by atoms with Gasteiger partial charge in [-0.2, -0.15) is 0 Å². The monoisotopic (exact) mass is 226 g/mol. The molecule has 0 saturated carbocycles. The molecule has 0 fully saturated rings. The fraction of sp³-hybridized carbons (Fsp3) is 0.375. The Hall–Kier alpha value is -0.943. The van der Waals surface area contributed by atoms with E-state index in [0.29, 0.717) is 10.8 Å². The number of rotatable bonds is 1. The zero-order valence-corrected chi connectivity index (χ0v) is 10.1. The van der Waals surface area contributed by atoms with E-state index in [1.54, 1.807) is 6.33 Å². The fourth-order valence-electron chi connectivity index (χ4n) is 1.33. The van der Waals surface area contributed by atoms with Gasteiger partial charge in [-0.25, -0.2) is 15.0 Å². The molecule has 2 aromatic rings. The van der Waals surface area contributed by atoms with Crippen LogP contribution in [0.2, 0.25) is 24.8 Å². The summed E-state index contributed by atoms with van der Waals surface area (Å²) in [5.74, 6) is 0. The molecule has 6 heteroatoms. The number of hydrogen-bond donors (Lipinski definition) is 0. The van der Waals surface area contributed by atoms with E-state index in [9.17, 15) is 0 Å². The molecule has 2 aromatic heterocycles. The standard InChI is InChI=1S/C8H11ClN4Si/c1-14(2,3)13-5-12-8-6(13)7(9)10-4-11-8/h4-5H,1-3H3. The second-order valence-electron chi connectivity index (χ2n) is 4.12. The SMILES string of the molecule is C[Si](C)(C)n1cnc2ncnc(Cl)c21. The summed E-state index contributed by atoms with van der Waals surface area (Å²) in [6, 6.07) is 0. The highest BCUT2D eigenvalue weighted by atomic mass is 35.5. The van der Waals surface area contributed by atoms with Gasteiger partial charge < -0.3 is 4.23 Å². The van der Waals surface area contributed by atoms with E-state index < -0.39 is 8.24 Å². The molecule has 0 N–H and O–H groups in total. The Kier molecular flexibility index (Phi) is 2.08. The van der Waals surface area contributed by atoms with Crippen LogP contribution in [-0.4, -0.2) is 27.4 Å². The molecule has 0 amide bonds. The van der Waals surface area contributed by atoms with Crippen LogP contribution in [0.4, 0.5) is 0 Å². The molecule has 0 aliphatic rings. The third kappa shape index (κ3) is 1.42. The number of hydrogen-bond acceptors (Lipinski definition) is 3. The molecule has 2 rings (SSSR count). The van der Waals surface area contributed by atoms with E-state index in [1.165, 1.54) is 6.33 Å². The Bertz CT molecular complexity index is 474. The van der Waals surface area contributed by atoms with Crippen molar-refractivity contribution in [3.8, 4) is 0 Å². The fourth-order valence-corrected chi connectivity index (χ4v) is 2.90. The predicted octanol–water partition coefficient (Wildman–Crippen LogP) is 2.16. The molecule has 0 aliphatic heterocycles. The van der Waals surface area contributed by atoms with E-state index in [2.05, 4.69) is 38.8 Å². The van der Waals surface area contributed by atoms with Gasteiger partial charge in [-0.15, -0.1) is 0 Å². The Morgan fingerprint density at radius 3 is 2.57 bits per heavy atom. The average molecular weight is 227 g/mol. The number of imidazole rings is 1. The first-order chi connectivity index (χ1) is 6.50. The van der Waals surface area contributed by atoms with E-state index >= 15 is 0 Å². The van der Waals surface area contributed by atoms with Crippen molar-refractivity contribution < 1.29 is 0 Å². The largest absolute Gasteiger partial charge is 0.355 e. The molecule has 0 bridgehead atoms. The Labute approximate surface area is 88.1 Å². The van der Waals surface area contributed by atoms with Gasteiger partial charge >= 0.3 is 0 Å². The minimum absolute atomic E-state index is 0.481. The molecular formula is C8H11ClN4Si. The number of halogens is 1. The van der Waals surface area contributed by atoms with Gasteiger partial charge in [0.1, 0.15) is 11.8 Å². The van der Waals surface area contributed by atoms with Gasteiger partial charge in [0.15, 0.2) is 19.0 Å². The first kappa shape index (κ1) is 9.61. The van der Waals surface area contributed by atoms with Crippen molar-refractivity contribution in [2.24, 2.45) is 0 Å². The summed E-state index contributed by atoms with van der Waals surface area (Å²) in [5, 5.41) is 0.481. The number of fused-ring (bicyclic) bond motifs is 1. The lowest BCUT2D eigenvalue weighted by Crippen LogP contribution is -2.31. The van der Waals surface area contributed by atoms with Crippen LogP contribution in [0.5, 0.6) is 0 Å². The van der Waals surface area contributed by atoms with Gasteiger partial charge in [0.25, 0.3) is 0 Å². The predicted molar refractivity (Wildman–Crippen MR) is 59.1 cm³/mol. The summed E-state index contributed by atoms with van der Waals surface area (Å²) in [6.45, 7) is 6.66. The van der Waals surface area contributed by atoms with E-state index in [-0.39, 0.29) is 0 Å².